The van der Waals surface area contributed by atoms with Crippen LogP contribution in [0, 0.1) is 12.3 Å². The molecule has 1 saturated heterocycles. The molecule has 1 unspecified atom stereocenters. The molecule has 100 valence electrons. The summed E-state index contributed by atoms with van der Waals surface area (Å²) in [5.74, 6) is 2.08. The van der Waals surface area contributed by atoms with Crippen LogP contribution in [0.5, 0.6) is 0 Å². The van der Waals surface area contributed by atoms with Crippen LogP contribution in [0.4, 0.5) is 0 Å². The van der Waals surface area contributed by atoms with E-state index in [1.807, 2.05) is 0 Å². The van der Waals surface area contributed by atoms with Crippen LogP contribution in [0.3, 0.4) is 0 Å². The molecule has 0 aromatic rings. The lowest BCUT2D eigenvalue weighted by atomic mass is 10.1. The van der Waals surface area contributed by atoms with Gasteiger partial charge < -0.3 is 14.4 Å². The topological polar surface area (TPSA) is 55.8 Å². The highest BCUT2D eigenvalue weighted by Gasteiger charge is 2.33. The largest absolute Gasteiger partial charge is 0.467 e. The van der Waals surface area contributed by atoms with Gasteiger partial charge in [0.25, 0.3) is 0 Å². The van der Waals surface area contributed by atoms with E-state index >= 15 is 0 Å². The average molecular weight is 253 g/mol. The maximum absolute atomic E-state index is 12.0. The third kappa shape index (κ3) is 4.04. The van der Waals surface area contributed by atoms with Gasteiger partial charge in [-0.1, -0.05) is 0 Å². The summed E-state index contributed by atoms with van der Waals surface area (Å²) >= 11 is 0. The zero-order chi connectivity index (χ0) is 13.4. The lowest BCUT2D eigenvalue weighted by Gasteiger charge is -2.33. The Bertz CT molecular complexity index is 334. The summed E-state index contributed by atoms with van der Waals surface area (Å²) in [5.41, 5.74) is 0. The molecule has 0 bridgehead atoms. The van der Waals surface area contributed by atoms with Crippen molar-refractivity contribution in [3.05, 3.63) is 0 Å². The average Bonchev–Trinajstić information content (AvgIpc) is 2.42. The standard InChI is InChI=1S/C13H19NO4/c1-3-4-5-6-7-12(15)14-8-9-18-10-11(14)13(16)17-2/h1,11H,4-10H2,2H3. The third-order valence-electron chi connectivity index (χ3n) is 2.88. The zero-order valence-corrected chi connectivity index (χ0v) is 10.7. The molecule has 0 N–H and O–H groups in total. The number of morpholine rings is 1. The van der Waals surface area contributed by atoms with E-state index in [4.69, 9.17) is 11.2 Å². The molecule has 1 aliphatic heterocycles. The fourth-order valence-corrected chi connectivity index (χ4v) is 1.88. The molecule has 0 saturated carbocycles. The second-order valence-electron chi connectivity index (χ2n) is 4.11. The minimum Gasteiger partial charge on any atom is -0.467 e. The predicted molar refractivity (Wildman–Crippen MR) is 65.6 cm³/mol. The van der Waals surface area contributed by atoms with Crippen molar-refractivity contribution >= 4 is 11.9 Å². The third-order valence-corrected chi connectivity index (χ3v) is 2.88. The molecular formula is C13H19NO4. The van der Waals surface area contributed by atoms with Crippen molar-refractivity contribution in [1.82, 2.24) is 4.90 Å². The number of methoxy groups -OCH3 is 1. The number of carbonyl (C=O) groups excluding carboxylic acids is 2. The Balaban J connectivity index is 2.47. The molecule has 0 aromatic heterocycles. The van der Waals surface area contributed by atoms with Crippen molar-refractivity contribution in [2.45, 2.75) is 31.7 Å². The quantitative estimate of drug-likeness (QED) is 0.408. The minimum atomic E-state index is -0.608. The van der Waals surface area contributed by atoms with Gasteiger partial charge in [-0.25, -0.2) is 4.79 Å². The smallest absolute Gasteiger partial charge is 0.331 e. The van der Waals surface area contributed by atoms with Gasteiger partial charge in [-0.05, 0) is 12.8 Å². The number of ether oxygens (including phenoxy) is 2. The first-order valence-electron chi connectivity index (χ1n) is 6.09. The van der Waals surface area contributed by atoms with E-state index in [1.165, 1.54) is 7.11 Å². The lowest BCUT2D eigenvalue weighted by Crippen LogP contribution is -2.52. The first kappa shape index (κ1) is 14.5. The van der Waals surface area contributed by atoms with E-state index < -0.39 is 12.0 Å². The zero-order valence-electron chi connectivity index (χ0n) is 10.7. The first-order chi connectivity index (χ1) is 8.70. The Hall–Kier alpha value is -1.54. The summed E-state index contributed by atoms with van der Waals surface area (Å²) in [6.07, 6.45) is 7.81. The summed E-state index contributed by atoms with van der Waals surface area (Å²) in [5, 5.41) is 0. The molecule has 1 atom stereocenters. The highest BCUT2D eigenvalue weighted by Crippen LogP contribution is 2.12. The van der Waals surface area contributed by atoms with Crippen molar-refractivity contribution in [1.29, 1.82) is 0 Å². The molecule has 0 spiro atoms. The highest BCUT2D eigenvalue weighted by molar-refractivity contribution is 5.84. The number of hydrogen-bond donors (Lipinski definition) is 0. The number of terminal acetylenes is 1. The van der Waals surface area contributed by atoms with Crippen LogP contribution in [0.1, 0.15) is 25.7 Å². The number of esters is 1. The summed E-state index contributed by atoms with van der Waals surface area (Å²) in [6, 6.07) is -0.608. The van der Waals surface area contributed by atoms with E-state index in [0.717, 1.165) is 12.8 Å². The Morgan fingerprint density at radius 1 is 1.50 bits per heavy atom. The maximum atomic E-state index is 12.0. The monoisotopic (exact) mass is 253 g/mol. The lowest BCUT2D eigenvalue weighted by molar-refractivity contribution is -0.160. The Morgan fingerprint density at radius 2 is 2.28 bits per heavy atom. The number of unbranched alkanes of at least 4 members (excludes halogenated alkanes) is 2. The molecule has 1 amide bonds. The van der Waals surface area contributed by atoms with Crippen LogP contribution in [0.25, 0.3) is 0 Å². The second-order valence-corrected chi connectivity index (χ2v) is 4.11. The number of nitrogens with zero attached hydrogens (tertiary/aromatic N) is 1. The van der Waals surface area contributed by atoms with Crippen LogP contribution in [-0.2, 0) is 19.1 Å². The minimum absolute atomic E-state index is 0.0364. The van der Waals surface area contributed by atoms with Gasteiger partial charge in [0.15, 0.2) is 6.04 Å². The molecule has 1 rings (SSSR count). The van der Waals surface area contributed by atoms with Gasteiger partial charge in [-0.2, -0.15) is 0 Å². The van der Waals surface area contributed by atoms with E-state index in [-0.39, 0.29) is 12.5 Å². The summed E-state index contributed by atoms with van der Waals surface area (Å²) in [4.78, 5) is 25.1. The second kappa shape index (κ2) is 7.72. The molecule has 18 heavy (non-hydrogen) atoms. The van der Waals surface area contributed by atoms with Crippen molar-refractivity contribution in [3.8, 4) is 12.3 Å². The highest BCUT2D eigenvalue weighted by atomic mass is 16.5. The van der Waals surface area contributed by atoms with E-state index in [0.29, 0.717) is 26.0 Å². The van der Waals surface area contributed by atoms with E-state index in [9.17, 15) is 9.59 Å². The molecule has 0 aromatic carbocycles. The predicted octanol–water partition coefficient (Wildman–Crippen LogP) is 0.580. The molecule has 5 nitrogen and oxygen atoms in total. The van der Waals surface area contributed by atoms with Crippen molar-refractivity contribution < 1.29 is 19.1 Å². The number of carbonyl (C=O) groups is 2. The van der Waals surface area contributed by atoms with Gasteiger partial charge in [0.1, 0.15) is 0 Å². The van der Waals surface area contributed by atoms with Crippen molar-refractivity contribution in [2.75, 3.05) is 26.9 Å². The molecule has 1 heterocycles. The summed E-state index contributed by atoms with van der Waals surface area (Å²) in [7, 11) is 1.31. The van der Waals surface area contributed by atoms with Gasteiger partial charge in [-0.15, -0.1) is 12.3 Å². The molecule has 1 fully saturated rings. The number of hydrogen-bond acceptors (Lipinski definition) is 4. The van der Waals surface area contributed by atoms with Crippen LogP contribution in [0.2, 0.25) is 0 Å². The maximum Gasteiger partial charge on any atom is 0.331 e. The normalized spacial score (nSPS) is 19.1. The van der Waals surface area contributed by atoms with Gasteiger partial charge >= 0.3 is 5.97 Å². The SMILES string of the molecule is C#CCCCCC(=O)N1CCOCC1C(=O)OC. The molecular weight excluding hydrogens is 234 g/mol. The number of amides is 1. The van der Waals surface area contributed by atoms with Gasteiger partial charge in [0.2, 0.25) is 5.91 Å². The van der Waals surface area contributed by atoms with Crippen LogP contribution in [0.15, 0.2) is 0 Å². The van der Waals surface area contributed by atoms with Crippen LogP contribution in [-0.4, -0.2) is 49.7 Å². The van der Waals surface area contributed by atoms with Crippen molar-refractivity contribution in [3.63, 3.8) is 0 Å². The summed E-state index contributed by atoms with van der Waals surface area (Å²) in [6.45, 7) is 1.11. The van der Waals surface area contributed by atoms with Crippen LogP contribution >= 0.6 is 0 Å². The fraction of sp³-hybridized carbons (Fsp3) is 0.692. The Morgan fingerprint density at radius 3 is 2.94 bits per heavy atom. The molecule has 1 aliphatic rings. The Kier molecular flexibility index (Phi) is 6.23. The Labute approximate surface area is 107 Å². The van der Waals surface area contributed by atoms with Gasteiger partial charge in [-0.3, -0.25) is 4.79 Å². The van der Waals surface area contributed by atoms with Crippen molar-refractivity contribution in [2.24, 2.45) is 0 Å². The fourth-order valence-electron chi connectivity index (χ4n) is 1.88. The van der Waals surface area contributed by atoms with E-state index in [2.05, 4.69) is 10.7 Å². The van der Waals surface area contributed by atoms with Gasteiger partial charge in [0, 0.05) is 19.4 Å². The molecule has 0 radical (unpaired) electrons. The summed E-state index contributed by atoms with van der Waals surface area (Å²) < 4.78 is 9.88. The molecule has 0 aliphatic carbocycles. The molecule has 5 heteroatoms. The van der Waals surface area contributed by atoms with Gasteiger partial charge in [0.05, 0.1) is 20.3 Å². The van der Waals surface area contributed by atoms with Crippen LogP contribution < -0.4 is 0 Å². The van der Waals surface area contributed by atoms with E-state index in [1.54, 1.807) is 4.90 Å². The first-order valence-corrected chi connectivity index (χ1v) is 6.09. The number of rotatable bonds is 5.